The number of hydrogen-bond donors (Lipinski definition) is 0. The van der Waals surface area contributed by atoms with E-state index < -0.39 is 9.05 Å². The number of hydrogen-bond acceptors (Lipinski definition) is 4. The highest BCUT2D eigenvalue weighted by atomic mass is 35.7. The van der Waals surface area contributed by atoms with Gasteiger partial charge in [-0.25, -0.2) is 18.4 Å². The van der Waals surface area contributed by atoms with Crippen molar-refractivity contribution in [2.24, 2.45) is 0 Å². The minimum Gasteiger partial charge on any atom is -0.330 e. The van der Waals surface area contributed by atoms with Crippen molar-refractivity contribution in [3.05, 3.63) is 30.2 Å². The Morgan fingerprint density at radius 3 is 2.63 bits per heavy atom. The van der Waals surface area contributed by atoms with Gasteiger partial charge >= 0.3 is 0 Å². The maximum Gasteiger partial charge on any atom is 0.280 e. The van der Waals surface area contributed by atoms with E-state index in [9.17, 15) is 8.42 Å². The summed E-state index contributed by atoms with van der Waals surface area (Å²) in [4.78, 5) is 8.06. The molecule has 0 aliphatic carbocycles. The summed E-state index contributed by atoms with van der Waals surface area (Å²) in [7, 11) is 1.49. The Morgan fingerprint density at radius 2 is 2.11 bits per heavy atom. The number of rotatable bonds is 4. The van der Waals surface area contributed by atoms with E-state index in [0.717, 1.165) is 5.69 Å². The Hall–Kier alpha value is -1.34. The van der Waals surface area contributed by atoms with E-state index in [1.54, 1.807) is 24.0 Å². The third-order valence-corrected chi connectivity index (χ3v) is 4.01. The van der Waals surface area contributed by atoms with Gasteiger partial charge < -0.3 is 9.13 Å². The van der Waals surface area contributed by atoms with Gasteiger partial charge in [-0.2, -0.15) is 0 Å². The fraction of sp³-hybridized carbons (Fsp3) is 0.455. The first-order valence-corrected chi connectivity index (χ1v) is 8.09. The molecule has 0 saturated carbocycles. The van der Waals surface area contributed by atoms with Gasteiger partial charge in [0.1, 0.15) is 5.82 Å². The Bertz CT molecular complexity index is 687. The maximum atomic E-state index is 11.2. The van der Waals surface area contributed by atoms with E-state index in [1.165, 1.54) is 6.20 Å². The lowest BCUT2D eigenvalue weighted by Gasteiger charge is -2.12. The minimum absolute atomic E-state index is 0.123. The first-order valence-electron chi connectivity index (χ1n) is 5.78. The zero-order valence-corrected chi connectivity index (χ0v) is 12.5. The highest BCUT2D eigenvalue weighted by molar-refractivity contribution is 8.13. The molecule has 0 aliphatic rings. The standard InChI is InChI=1S/C11H15ClN4O2S/c1-8(2)16-7-13-4-10(16)5-15-6-11(14-9(15)3)19(12,17)18/h4,6-8H,5H2,1-3H3. The van der Waals surface area contributed by atoms with Crippen LogP contribution in [0.2, 0.25) is 0 Å². The number of halogens is 1. The summed E-state index contributed by atoms with van der Waals surface area (Å²) in [5.74, 6) is 0.593. The molecule has 0 spiro atoms. The molecule has 0 N–H and O–H groups in total. The molecule has 0 aliphatic heterocycles. The molecule has 8 heteroatoms. The van der Waals surface area contributed by atoms with Gasteiger partial charge in [-0.1, -0.05) is 0 Å². The topological polar surface area (TPSA) is 69.8 Å². The number of aryl methyl sites for hydroxylation is 1. The molecule has 0 bridgehead atoms. The molecular formula is C11H15ClN4O2S. The molecule has 0 aromatic carbocycles. The summed E-state index contributed by atoms with van der Waals surface area (Å²) in [6.45, 7) is 6.35. The molecule has 6 nitrogen and oxygen atoms in total. The molecular weight excluding hydrogens is 288 g/mol. The first kappa shape index (κ1) is 14.1. The fourth-order valence-corrected chi connectivity index (χ4v) is 2.57. The number of aromatic nitrogens is 4. The Kier molecular flexibility index (Phi) is 3.69. The van der Waals surface area contributed by atoms with Crippen molar-refractivity contribution in [1.29, 1.82) is 0 Å². The van der Waals surface area contributed by atoms with Gasteiger partial charge in [0.15, 0.2) is 5.03 Å². The van der Waals surface area contributed by atoms with E-state index in [2.05, 4.69) is 23.8 Å². The first-order chi connectivity index (χ1) is 8.79. The fourth-order valence-electron chi connectivity index (χ4n) is 1.85. The molecule has 2 rings (SSSR count). The van der Waals surface area contributed by atoms with Crippen LogP contribution in [0.15, 0.2) is 23.7 Å². The lowest BCUT2D eigenvalue weighted by Crippen LogP contribution is -2.09. The Balaban J connectivity index is 2.34. The van der Waals surface area contributed by atoms with E-state index in [-0.39, 0.29) is 11.1 Å². The molecule has 19 heavy (non-hydrogen) atoms. The summed E-state index contributed by atoms with van der Waals surface area (Å²) in [5.41, 5.74) is 0.981. The average molecular weight is 303 g/mol. The van der Waals surface area contributed by atoms with Crippen LogP contribution in [0.5, 0.6) is 0 Å². The average Bonchev–Trinajstić information content (AvgIpc) is 2.86. The van der Waals surface area contributed by atoms with Crippen LogP contribution < -0.4 is 0 Å². The van der Waals surface area contributed by atoms with Gasteiger partial charge in [0.25, 0.3) is 9.05 Å². The molecule has 2 aromatic heterocycles. The van der Waals surface area contributed by atoms with Gasteiger partial charge in [0.2, 0.25) is 0 Å². The van der Waals surface area contributed by atoms with Gasteiger partial charge in [0, 0.05) is 29.1 Å². The van der Waals surface area contributed by atoms with Crippen molar-refractivity contribution in [2.45, 2.75) is 38.4 Å². The Labute approximate surface area is 116 Å². The van der Waals surface area contributed by atoms with Crippen LogP contribution in [0.1, 0.15) is 31.4 Å². The SMILES string of the molecule is Cc1nc(S(=O)(=O)Cl)cn1Cc1cncn1C(C)C. The van der Waals surface area contributed by atoms with Crippen LogP contribution in [0.3, 0.4) is 0 Å². The molecule has 2 aromatic rings. The molecule has 0 unspecified atom stereocenters. The zero-order chi connectivity index (χ0) is 14.2. The molecule has 0 saturated heterocycles. The highest BCUT2D eigenvalue weighted by Gasteiger charge is 2.17. The lowest BCUT2D eigenvalue weighted by atomic mass is 10.3. The van der Waals surface area contributed by atoms with Crippen molar-refractivity contribution in [3.63, 3.8) is 0 Å². The number of nitrogens with zero attached hydrogens (tertiary/aromatic N) is 4. The van der Waals surface area contributed by atoms with E-state index in [1.807, 2.05) is 4.57 Å². The summed E-state index contributed by atoms with van der Waals surface area (Å²) in [6, 6.07) is 0.289. The minimum atomic E-state index is -3.79. The molecule has 0 fully saturated rings. The quantitative estimate of drug-likeness (QED) is 0.809. The van der Waals surface area contributed by atoms with Crippen LogP contribution in [0.25, 0.3) is 0 Å². The van der Waals surface area contributed by atoms with Crippen LogP contribution in [-0.2, 0) is 15.6 Å². The predicted octanol–water partition coefficient (Wildman–Crippen LogP) is 1.94. The van der Waals surface area contributed by atoms with E-state index in [0.29, 0.717) is 12.4 Å². The molecule has 104 valence electrons. The second-order valence-electron chi connectivity index (χ2n) is 4.58. The summed E-state index contributed by atoms with van der Waals surface area (Å²) in [5, 5.41) is -0.123. The number of imidazole rings is 2. The van der Waals surface area contributed by atoms with Crippen LogP contribution in [0.4, 0.5) is 0 Å². The summed E-state index contributed by atoms with van der Waals surface area (Å²) in [6.07, 6.45) is 4.95. The normalized spacial score (nSPS) is 12.3. The van der Waals surface area contributed by atoms with Crippen molar-refractivity contribution in [2.75, 3.05) is 0 Å². The zero-order valence-electron chi connectivity index (χ0n) is 10.9. The second-order valence-corrected chi connectivity index (χ2v) is 7.09. The largest absolute Gasteiger partial charge is 0.330 e. The van der Waals surface area contributed by atoms with Crippen LogP contribution >= 0.6 is 10.7 Å². The third-order valence-electron chi connectivity index (χ3n) is 2.84. The monoisotopic (exact) mass is 302 g/mol. The lowest BCUT2D eigenvalue weighted by molar-refractivity contribution is 0.558. The molecule has 0 radical (unpaired) electrons. The molecule has 2 heterocycles. The van der Waals surface area contributed by atoms with Crippen molar-refractivity contribution >= 4 is 19.7 Å². The van der Waals surface area contributed by atoms with E-state index in [4.69, 9.17) is 10.7 Å². The molecule has 0 amide bonds. The van der Waals surface area contributed by atoms with Gasteiger partial charge in [-0.05, 0) is 20.8 Å². The van der Waals surface area contributed by atoms with E-state index >= 15 is 0 Å². The Morgan fingerprint density at radius 1 is 1.42 bits per heavy atom. The third kappa shape index (κ3) is 2.98. The van der Waals surface area contributed by atoms with Gasteiger partial charge in [-0.15, -0.1) is 0 Å². The summed E-state index contributed by atoms with van der Waals surface area (Å²) < 4.78 is 26.3. The van der Waals surface area contributed by atoms with Crippen molar-refractivity contribution in [3.8, 4) is 0 Å². The van der Waals surface area contributed by atoms with Crippen LogP contribution in [0, 0.1) is 6.92 Å². The van der Waals surface area contributed by atoms with Gasteiger partial charge in [0.05, 0.1) is 18.6 Å². The predicted molar refractivity (Wildman–Crippen MR) is 71.7 cm³/mol. The van der Waals surface area contributed by atoms with Crippen molar-refractivity contribution in [1.82, 2.24) is 19.1 Å². The second kappa shape index (κ2) is 4.97. The highest BCUT2D eigenvalue weighted by Crippen LogP contribution is 2.16. The smallest absolute Gasteiger partial charge is 0.280 e. The summed E-state index contributed by atoms with van der Waals surface area (Å²) >= 11 is 0. The molecule has 0 atom stereocenters. The van der Waals surface area contributed by atoms with Crippen molar-refractivity contribution < 1.29 is 8.42 Å². The van der Waals surface area contributed by atoms with Gasteiger partial charge in [-0.3, -0.25) is 0 Å². The maximum absolute atomic E-state index is 11.2. The van der Waals surface area contributed by atoms with Crippen LogP contribution in [-0.4, -0.2) is 27.5 Å².